The molecule has 1 heterocycles. The average Bonchev–Trinajstić information content (AvgIpc) is 2.75. The zero-order chi connectivity index (χ0) is 11.6. The molecule has 1 aliphatic heterocycles. The predicted molar refractivity (Wildman–Crippen MR) is 59.6 cm³/mol. The van der Waals surface area contributed by atoms with E-state index in [1.165, 1.54) is 0 Å². The molecule has 1 saturated carbocycles. The average molecular weight is 225 g/mol. The Hall–Kier alpha value is -1.10. The summed E-state index contributed by atoms with van der Waals surface area (Å²) in [5.41, 5.74) is 5.15. The zero-order valence-electron chi connectivity index (χ0n) is 9.50. The van der Waals surface area contributed by atoms with Crippen LogP contribution in [0.4, 0.5) is 0 Å². The number of nitrogens with one attached hydrogen (secondary N) is 1. The summed E-state index contributed by atoms with van der Waals surface area (Å²) in [5.74, 6) is -0.167. The van der Waals surface area contributed by atoms with Crippen molar-refractivity contribution in [3.05, 3.63) is 0 Å². The number of hydrogen-bond donors (Lipinski definition) is 2. The fourth-order valence-corrected chi connectivity index (χ4v) is 2.19. The number of carbonyl (C=O) groups excluding carboxylic acids is 2. The van der Waals surface area contributed by atoms with Gasteiger partial charge in [0.15, 0.2) is 0 Å². The van der Waals surface area contributed by atoms with E-state index in [1.54, 1.807) is 4.90 Å². The van der Waals surface area contributed by atoms with Crippen molar-refractivity contribution < 1.29 is 9.59 Å². The highest BCUT2D eigenvalue weighted by Crippen LogP contribution is 2.28. The van der Waals surface area contributed by atoms with Crippen LogP contribution in [-0.4, -0.2) is 41.9 Å². The Morgan fingerprint density at radius 3 is 2.31 bits per heavy atom. The molecule has 5 heteroatoms. The highest BCUT2D eigenvalue weighted by atomic mass is 16.2. The van der Waals surface area contributed by atoms with E-state index in [9.17, 15) is 9.59 Å². The quantitative estimate of drug-likeness (QED) is 0.686. The van der Waals surface area contributed by atoms with E-state index in [2.05, 4.69) is 5.32 Å². The van der Waals surface area contributed by atoms with Crippen LogP contribution in [0.15, 0.2) is 0 Å². The fourth-order valence-electron chi connectivity index (χ4n) is 2.19. The Balaban J connectivity index is 1.74. The van der Waals surface area contributed by atoms with Crippen molar-refractivity contribution in [3.63, 3.8) is 0 Å². The molecule has 2 rings (SSSR count). The lowest BCUT2D eigenvalue weighted by molar-refractivity contribution is -0.135. The molecule has 1 aliphatic carbocycles. The van der Waals surface area contributed by atoms with Gasteiger partial charge in [0, 0.05) is 13.1 Å². The number of amides is 2. The second-order valence-electron chi connectivity index (χ2n) is 4.78. The third-order valence-electron chi connectivity index (χ3n) is 3.56. The summed E-state index contributed by atoms with van der Waals surface area (Å²) in [5, 5.41) is 2.65. The molecule has 0 unspecified atom stereocenters. The maximum Gasteiger partial charge on any atom is 0.241 e. The van der Waals surface area contributed by atoms with Crippen molar-refractivity contribution in [2.45, 2.75) is 37.6 Å². The van der Waals surface area contributed by atoms with E-state index < -0.39 is 5.54 Å². The molecule has 90 valence electrons. The smallest absolute Gasteiger partial charge is 0.241 e. The zero-order valence-corrected chi connectivity index (χ0v) is 9.50. The number of nitrogens with two attached hydrogens (primary N) is 1. The lowest BCUT2D eigenvalue weighted by atomic mass is 9.77. The van der Waals surface area contributed by atoms with Crippen LogP contribution < -0.4 is 11.1 Å². The Kier molecular flexibility index (Phi) is 3.14. The van der Waals surface area contributed by atoms with Crippen LogP contribution in [0.5, 0.6) is 0 Å². The number of carbonyl (C=O) groups is 2. The molecule has 5 nitrogen and oxygen atoms in total. The summed E-state index contributed by atoms with van der Waals surface area (Å²) < 4.78 is 0. The van der Waals surface area contributed by atoms with E-state index >= 15 is 0 Å². The molecule has 2 fully saturated rings. The molecule has 0 aromatic carbocycles. The molecule has 0 aromatic rings. The lowest BCUT2D eigenvalue weighted by Gasteiger charge is -2.36. The Morgan fingerprint density at radius 2 is 1.81 bits per heavy atom. The van der Waals surface area contributed by atoms with E-state index in [4.69, 9.17) is 5.73 Å². The molecule has 0 atom stereocenters. The van der Waals surface area contributed by atoms with Gasteiger partial charge >= 0.3 is 0 Å². The molecule has 0 radical (unpaired) electrons. The maximum atomic E-state index is 11.7. The van der Waals surface area contributed by atoms with Crippen molar-refractivity contribution >= 4 is 11.8 Å². The molecule has 0 aromatic heterocycles. The van der Waals surface area contributed by atoms with Gasteiger partial charge in [-0.2, -0.15) is 0 Å². The Labute approximate surface area is 95.3 Å². The summed E-state index contributed by atoms with van der Waals surface area (Å²) >= 11 is 0. The first-order valence-corrected chi connectivity index (χ1v) is 5.97. The summed E-state index contributed by atoms with van der Waals surface area (Å²) in [6.45, 7) is 1.74. The van der Waals surface area contributed by atoms with Crippen molar-refractivity contribution in [2.75, 3.05) is 19.6 Å². The lowest BCUT2D eigenvalue weighted by Crippen LogP contribution is -2.59. The monoisotopic (exact) mass is 225 g/mol. The van der Waals surface area contributed by atoms with Crippen LogP contribution in [0.3, 0.4) is 0 Å². The molecule has 0 bridgehead atoms. The molecule has 1 saturated heterocycles. The minimum absolute atomic E-state index is 0.00812. The number of rotatable bonds is 3. The maximum absolute atomic E-state index is 11.7. The highest BCUT2D eigenvalue weighted by molar-refractivity contribution is 5.90. The standard InChI is InChI=1S/C11H19N3O2/c12-11(4-3-5-11)10(16)13-8-9(15)14-6-1-2-7-14/h1-8,12H2,(H,13,16). The van der Waals surface area contributed by atoms with Gasteiger partial charge in [0.2, 0.25) is 11.8 Å². The van der Waals surface area contributed by atoms with Crippen molar-refractivity contribution in [3.8, 4) is 0 Å². The highest BCUT2D eigenvalue weighted by Gasteiger charge is 2.40. The molecule has 16 heavy (non-hydrogen) atoms. The Bertz CT molecular complexity index is 294. The third kappa shape index (κ3) is 2.19. The normalized spacial score (nSPS) is 22.7. The summed E-state index contributed by atoms with van der Waals surface area (Å²) in [6, 6.07) is 0. The minimum atomic E-state index is -0.703. The first kappa shape index (κ1) is 11.4. The van der Waals surface area contributed by atoms with Crippen molar-refractivity contribution in [2.24, 2.45) is 5.73 Å². The van der Waals surface area contributed by atoms with Crippen molar-refractivity contribution in [1.29, 1.82) is 0 Å². The van der Waals surface area contributed by atoms with Crippen LogP contribution in [-0.2, 0) is 9.59 Å². The van der Waals surface area contributed by atoms with Crippen LogP contribution in [0.2, 0.25) is 0 Å². The molecular weight excluding hydrogens is 206 g/mol. The van der Waals surface area contributed by atoms with Gasteiger partial charge in [-0.1, -0.05) is 0 Å². The third-order valence-corrected chi connectivity index (χ3v) is 3.56. The van der Waals surface area contributed by atoms with Gasteiger partial charge in [0.25, 0.3) is 0 Å². The predicted octanol–water partition coefficient (Wildman–Crippen LogP) is -0.394. The second-order valence-corrected chi connectivity index (χ2v) is 4.78. The SMILES string of the molecule is NC1(C(=O)NCC(=O)N2CCCC2)CCC1. The Morgan fingerprint density at radius 1 is 1.19 bits per heavy atom. The van der Waals surface area contributed by atoms with Gasteiger partial charge in [0.05, 0.1) is 12.1 Å². The minimum Gasteiger partial charge on any atom is -0.345 e. The first-order chi connectivity index (χ1) is 7.62. The molecule has 2 aliphatic rings. The fraction of sp³-hybridized carbons (Fsp3) is 0.818. The number of likely N-dealkylation sites (tertiary alicyclic amines) is 1. The van der Waals surface area contributed by atoms with Gasteiger partial charge in [0.1, 0.15) is 0 Å². The van der Waals surface area contributed by atoms with Gasteiger partial charge < -0.3 is 16.0 Å². The molecular formula is C11H19N3O2. The van der Waals surface area contributed by atoms with Gasteiger partial charge in [-0.3, -0.25) is 9.59 Å². The summed E-state index contributed by atoms with van der Waals surface area (Å²) in [6.07, 6.45) is 4.61. The summed E-state index contributed by atoms with van der Waals surface area (Å²) in [4.78, 5) is 25.1. The van der Waals surface area contributed by atoms with Gasteiger partial charge in [-0.25, -0.2) is 0 Å². The van der Waals surface area contributed by atoms with Gasteiger partial charge in [-0.15, -0.1) is 0 Å². The molecule has 3 N–H and O–H groups in total. The number of nitrogens with zero attached hydrogens (tertiary/aromatic N) is 1. The largest absolute Gasteiger partial charge is 0.345 e. The topological polar surface area (TPSA) is 75.4 Å². The van der Waals surface area contributed by atoms with Crippen LogP contribution in [0.1, 0.15) is 32.1 Å². The van der Waals surface area contributed by atoms with E-state index in [-0.39, 0.29) is 18.4 Å². The van der Waals surface area contributed by atoms with Crippen molar-refractivity contribution in [1.82, 2.24) is 10.2 Å². The second kappa shape index (κ2) is 4.41. The molecule has 0 spiro atoms. The van der Waals surface area contributed by atoms with Crippen LogP contribution in [0, 0.1) is 0 Å². The summed E-state index contributed by atoms with van der Waals surface area (Å²) in [7, 11) is 0. The molecule has 2 amide bonds. The van der Waals surface area contributed by atoms with Crippen LogP contribution in [0.25, 0.3) is 0 Å². The van der Waals surface area contributed by atoms with E-state index in [0.29, 0.717) is 0 Å². The van der Waals surface area contributed by atoms with Gasteiger partial charge in [-0.05, 0) is 32.1 Å². The van der Waals surface area contributed by atoms with E-state index in [1.807, 2.05) is 0 Å². The van der Waals surface area contributed by atoms with Crippen LogP contribution >= 0.6 is 0 Å². The number of hydrogen-bond acceptors (Lipinski definition) is 3. The first-order valence-electron chi connectivity index (χ1n) is 5.97. The van der Waals surface area contributed by atoms with E-state index in [0.717, 1.165) is 45.2 Å².